The number of amides is 1. The van der Waals surface area contributed by atoms with E-state index in [0.29, 0.717) is 5.82 Å². The monoisotopic (exact) mass is 277 g/mol. The zero-order valence-electron chi connectivity index (χ0n) is 12.3. The van der Waals surface area contributed by atoms with Crippen molar-refractivity contribution in [1.82, 2.24) is 4.98 Å². The molecule has 1 amide bonds. The third-order valence-corrected chi connectivity index (χ3v) is 3.78. The zero-order valence-corrected chi connectivity index (χ0v) is 12.3. The quantitative estimate of drug-likeness (QED) is 0.772. The molecule has 3 N–H and O–H groups in total. The Morgan fingerprint density at radius 1 is 1.35 bits per heavy atom. The fourth-order valence-corrected chi connectivity index (χ4v) is 1.90. The SMILES string of the molecule is CC1(C)OB(c2cccnc2NCC(N)=O)OC1(C)C. The van der Waals surface area contributed by atoms with E-state index in [1.54, 1.807) is 12.3 Å². The molecule has 0 unspecified atom stereocenters. The number of primary amides is 1. The van der Waals surface area contributed by atoms with Gasteiger partial charge in [0, 0.05) is 11.7 Å². The van der Waals surface area contributed by atoms with Gasteiger partial charge >= 0.3 is 7.12 Å². The van der Waals surface area contributed by atoms with E-state index in [9.17, 15) is 4.79 Å². The number of carbonyl (C=O) groups is 1. The van der Waals surface area contributed by atoms with Crippen molar-refractivity contribution >= 4 is 24.3 Å². The number of rotatable bonds is 4. The predicted molar refractivity (Wildman–Crippen MR) is 77.6 cm³/mol. The number of hydrogen-bond donors (Lipinski definition) is 2. The van der Waals surface area contributed by atoms with Crippen LogP contribution in [0.1, 0.15) is 27.7 Å². The molecule has 1 saturated heterocycles. The van der Waals surface area contributed by atoms with Crippen molar-refractivity contribution in [3.05, 3.63) is 18.3 Å². The van der Waals surface area contributed by atoms with Crippen LogP contribution in [-0.4, -0.2) is 35.8 Å². The fraction of sp³-hybridized carbons (Fsp3) is 0.538. The van der Waals surface area contributed by atoms with Gasteiger partial charge in [0.15, 0.2) is 0 Å². The van der Waals surface area contributed by atoms with Crippen LogP contribution in [0, 0.1) is 0 Å². The van der Waals surface area contributed by atoms with Crippen LogP contribution in [0.2, 0.25) is 0 Å². The molecule has 1 fully saturated rings. The van der Waals surface area contributed by atoms with Gasteiger partial charge in [-0.1, -0.05) is 6.07 Å². The third-order valence-electron chi connectivity index (χ3n) is 3.78. The summed E-state index contributed by atoms with van der Waals surface area (Å²) < 4.78 is 12.0. The number of nitrogens with zero attached hydrogens (tertiary/aromatic N) is 1. The molecular weight excluding hydrogens is 257 g/mol. The van der Waals surface area contributed by atoms with Gasteiger partial charge in [-0.15, -0.1) is 0 Å². The van der Waals surface area contributed by atoms with Crippen molar-refractivity contribution in [1.29, 1.82) is 0 Å². The highest BCUT2D eigenvalue weighted by molar-refractivity contribution is 6.63. The predicted octanol–water partition coefficient (Wildman–Crippen LogP) is 0.278. The molecule has 0 atom stereocenters. The van der Waals surface area contributed by atoms with Crippen molar-refractivity contribution in [3.63, 3.8) is 0 Å². The molecule has 6 nitrogen and oxygen atoms in total. The first-order chi connectivity index (χ1) is 9.23. The molecular formula is C13H20BN3O3. The van der Waals surface area contributed by atoms with Gasteiger partial charge in [-0.2, -0.15) is 0 Å². The maximum absolute atomic E-state index is 10.9. The van der Waals surface area contributed by atoms with E-state index >= 15 is 0 Å². The molecule has 1 aliphatic heterocycles. The van der Waals surface area contributed by atoms with Gasteiger partial charge in [-0.25, -0.2) is 4.98 Å². The van der Waals surface area contributed by atoms with Crippen molar-refractivity contribution < 1.29 is 14.1 Å². The molecule has 108 valence electrons. The molecule has 20 heavy (non-hydrogen) atoms. The van der Waals surface area contributed by atoms with E-state index in [1.165, 1.54) is 0 Å². The van der Waals surface area contributed by atoms with E-state index in [0.717, 1.165) is 5.46 Å². The van der Waals surface area contributed by atoms with E-state index in [2.05, 4.69) is 10.3 Å². The summed E-state index contributed by atoms with van der Waals surface area (Å²) in [5.41, 5.74) is 5.05. The maximum atomic E-state index is 10.9. The molecule has 1 aromatic heterocycles. The van der Waals surface area contributed by atoms with Crippen LogP contribution >= 0.6 is 0 Å². The number of aromatic nitrogens is 1. The summed E-state index contributed by atoms with van der Waals surface area (Å²) in [5, 5.41) is 2.90. The standard InChI is InChI=1S/C13H20BN3O3/c1-12(2)13(3,4)20-14(19-12)9-6-5-7-16-11(9)17-8-10(15)18/h5-7H,8H2,1-4H3,(H2,15,18)(H,16,17). The van der Waals surface area contributed by atoms with Gasteiger partial charge < -0.3 is 20.4 Å². The van der Waals surface area contributed by atoms with Gasteiger partial charge in [0.2, 0.25) is 5.91 Å². The van der Waals surface area contributed by atoms with E-state index in [4.69, 9.17) is 15.0 Å². The van der Waals surface area contributed by atoms with Gasteiger partial charge in [-0.3, -0.25) is 4.79 Å². The minimum absolute atomic E-state index is 0.0174. The second-order valence-electron chi connectivity index (χ2n) is 5.85. The molecule has 0 aromatic carbocycles. The zero-order chi connectivity index (χ0) is 15.0. The molecule has 0 spiro atoms. The summed E-state index contributed by atoms with van der Waals surface area (Å²) in [6.07, 6.45) is 1.64. The highest BCUT2D eigenvalue weighted by Crippen LogP contribution is 2.36. The molecule has 2 rings (SSSR count). The van der Waals surface area contributed by atoms with Gasteiger partial charge in [0.1, 0.15) is 5.82 Å². The Morgan fingerprint density at radius 2 is 1.95 bits per heavy atom. The lowest BCUT2D eigenvalue weighted by Gasteiger charge is -2.32. The summed E-state index contributed by atoms with van der Waals surface area (Å²) in [4.78, 5) is 15.1. The fourth-order valence-electron chi connectivity index (χ4n) is 1.90. The Hall–Kier alpha value is -1.60. The number of hydrogen-bond acceptors (Lipinski definition) is 5. The van der Waals surface area contributed by atoms with Crippen LogP contribution in [0.4, 0.5) is 5.82 Å². The normalized spacial score (nSPS) is 19.9. The highest BCUT2D eigenvalue weighted by atomic mass is 16.7. The second kappa shape index (κ2) is 5.07. The van der Waals surface area contributed by atoms with Crippen LogP contribution in [0.5, 0.6) is 0 Å². The number of nitrogens with one attached hydrogen (secondary N) is 1. The lowest BCUT2D eigenvalue weighted by Crippen LogP contribution is -2.41. The minimum Gasteiger partial charge on any atom is -0.399 e. The highest BCUT2D eigenvalue weighted by Gasteiger charge is 2.52. The number of carbonyl (C=O) groups excluding carboxylic acids is 1. The van der Waals surface area contributed by atoms with Crippen LogP contribution in [0.15, 0.2) is 18.3 Å². The Morgan fingerprint density at radius 3 is 2.50 bits per heavy atom. The largest absolute Gasteiger partial charge is 0.498 e. The van der Waals surface area contributed by atoms with E-state index in [-0.39, 0.29) is 6.54 Å². The molecule has 2 heterocycles. The summed E-state index contributed by atoms with van der Waals surface area (Å²) in [7, 11) is -0.524. The summed E-state index contributed by atoms with van der Waals surface area (Å²) in [6, 6.07) is 3.66. The van der Waals surface area contributed by atoms with Crippen molar-refractivity contribution in [3.8, 4) is 0 Å². The topological polar surface area (TPSA) is 86.5 Å². The minimum atomic E-state index is -0.524. The van der Waals surface area contributed by atoms with E-state index < -0.39 is 24.2 Å². The summed E-state index contributed by atoms with van der Waals surface area (Å²) in [6.45, 7) is 7.96. The van der Waals surface area contributed by atoms with Crippen LogP contribution < -0.4 is 16.5 Å². The first-order valence-electron chi connectivity index (χ1n) is 6.56. The summed E-state index contributed by atoms with van der Waals surface area (Å²) >= 11 is 0. The van der Waals surface area contributed by atoms with Crippen LogP contribution in [0.3, 0.4) is 0 Å². The molecule has 0 aliphatic carbocycles. The maximum Gasteiger partial charge on any atom is 0.498 e. The molecule has 0 radical (unpaired) electrons. The van der Waals surface area contributed by atoms with E-state index in [1.807, 2.05) is 33.8 Å². The van der Waals surface area contributed by atoms with Crippen molar-refractivity contribution in [2.45, 2.75) is 38.9 Å². The smallest absolute Gasteiger partial charge is 0.399 e. The van der Waals surface area contributed by atoms with Crippen LogP contribution in [-0.2, 0) is 14.1 Å². The average Bonchev–Trinajstić information content (AvgIpc) is 2.56. The Bertz CT molecular complexity index is 503. The lowest BCUT2D eigenvalue weighted by molar-refractivity contribution is -0.116. The third kappa shape index (κ3) is 2.78. The number of anilines is 1. The first kappa shape index (κ1) is 14.8. The number of pyridine rings is 1. The first-order valence-corrected chi connectivity index (χ1v) is 6.56. The van der Waals surface area contributed by atoms with Crippen molar-refractivity contribution in [2.24, 2.45) is 5.73 Å². The average molecular weight is 277 g/mol. The molecule has 0 bridgehead atoms. The van der Waals surface area contributed by atoms with Gasteiger partial charge in [-0.05, 0) is 33.8 Å². The second-order valence-corrected chi connectivity index (χ2v) is 5.85. The summed E-state index contributed by atoms with van der Waals surface area (Å²) in [5.74, 6) is 0.0975. The Labute approximate surface area is 119 Å². The van der Waals surface area contributed by atoms with Crippen LogP contribution in [0.25, 0.3) is 0 Å². The molecule has 1 aliphatic rings. The van der Waals surface area contributed by atoms with Gasteiger partial charge in [0.25, 0.3) is 0 Å². The molecule has 1 aromatic rings. The Kier molecular flexibility index (Phi) is 3.75. The molecule has 7 heteroatoms. The Balaban J connectivity index is 2.24. The van der Waals surface area contributed by atoms with Gasteiger partial charge in [0.05, 0.1) is 17.7 Å². The lowest BCUT2D eigenvalue weighted by atomic mass is 9.79. The van der Waals surface area contributed by atoms with Crippen molar-refractivity contribution in [2.75, 3.05) is 11.9 Å². The number of nitrogens with two attached hydrogens (primary N) is 1. The molecule has 0 saturated carbocycles.